The molecule has 0 aromatic heterocycles. The van der Waals surface area contributed by atoms with Gasteiger partial charge >= 0.3 is 0 Å². The van der Waals surface area contributed by atoms with Gasteiger partial charge in [-0.05, 0) is 35.6 Å². The normalized spacial score (nSPS) is 11.6. The summed E-state index contributed by atoms with van der Waals surface area (Å²) < 4.78 is 0.920. The van der Waals surface area contributed by atoms with Gasteiger partial charge in [-0.2, -0.15) is 10.5 Å². The molecule has 0 fully saturated rings. The lowest BCUT2D eigenvalue weighted by molar-refractivity contribution is 0.730. The lowest BCUT2D eigenvalue weighted by atomic mass is 9.92. The first-order valence-corrected chi connectivity index (χ1v) is 6.02. The molecule has 1 unspecified atom stereocenters. The van der Waals surface area contributed by atoms with Crippen LogP contribution in [0.2, 0.25) is 0 Å². The van der Waals surface area contributed by atoms with Crippen molar-refractivity contribution in [3.63, 3.8) is 0 Å². The minimum Gasteiger partial charge on any atom is -0.198 e. The number of nitrogens with zero attached hydrogens (tertiary/aromatic N) is 2. The fourth-order valence-electron chi connectivity index (χ4n) is 1.58. The number of nitriles is 2. The van der Waals surface area contributed by atoms with E-state index in [0.29, 0.717) is 17.9 Å². The maximum absolute atomic E-state index is 9.10. The number of benzene rings is 1. The molecule has 2 nitrogen and oxygen atoms in total. The third-order valence-electron chi connectivity index (χ3n) is 2.75. The molecule has 0 saturated carbocycles. The molecule has 0 saturated heterocycles. The first kappa shape index (κ1) is 12.7. The minimum atomic E-state index is 0.329. The van der Waals surface area contributed by atoms with Crippen LogP contribution in [0.5, 0.6) is 0 Å². The number of halogens is 1. The van der Waals surface area contributed by atoms with E-state index in [9.17, 15) is 0 Å². The van der Waals surface area contributed by atoms with Crippen molar-refractivity contribution >= 4 is 15.9 Å². The second-order valence-corrected chi connectivity index (χ2v) is 4.64. The van der Waals surface area contributed by atoms with E-state index in [1.807, 2.05) is 12.1 Å². The summed E-state index contributed by atoms with van der Waals surface area (Å²) in [7, 11) is 0. The van der Waals surface area contributed by atoms with Crippen molar-refractivity contribution in [2.24, 2.45) is 0 Å². The molecule has 0 heterocycles. The van der Waals surface area contributed by atoms with Crippen LogP contribution in [-0.2, 0) is 6.42 Å². The Balaban J connectivity index is 3.29. The Morgan fingerprint density at radius 1 is 1.38 bits per heavy atom. The molecule has 1 rings (SSSR count). The quantitative estimate of drug-likeness (QED) is 0.841. The van der Waals surface area contributed by atoms with Crippen molar-refractivity contribution in [3.05, 3.63) is 33.3 Å². The third kappa shape index (κ3) is 2.62. The second-order valence-electron chi connectivity index (χ2n) is 3.79. The Morgan fingerprint density at radius 3 is 2.56 bits per heavy atom. The Hall–Kier alpha value is -1.32. The van der Waals surface area contributed by atoms with Gasteiger partial charge in [-0.3, -0.25) is 0 Å². The number of hydrogen-bond acceptors (Lipinski definition) is 2. The van der Waals surface area contributed by atoms with E-state index in [0.717, 1.165) is 22.0 Å². The minimum absolute atomic E-state index is 0.329. The highest BCUT2D eigenvalue weighted by molar-refractivity contribution is 9.10. The van der Waals surface area contributed by atoms with E-state index in [-0.39, 0.29) is 0 Å². The molecule has 16 heavy (non-hydrogen) atoms. The predicted octanol–water partition coefficient (Wildman–Crippen LogP) is 3.90. The van der Waals surface area contributed by atoms with Gasteiger partial charge in [0.1, 0.15) is 0 Å². The van der Waals surface area contributed by atoms with Gasteiger partial charge in [0.05, 0.1) is 24.1 Å². The van der Waals surface area contributed by atoms with Crippen molar-refractivity contribution in [1.29, 1.82) is 10.5 Å². The zero-order chi connectivity index (χ0) is 12.1. The van der Waals surface area contributed by atoms with Gasteiger partial charge in [0.15, 0.2) is 0 Å². The van der Waals surface area contributed by atoms with Crippen LogP contribution in [0.15, 0.2) is 16.6 Å². The highest BCUT2D eigenvalue weighted by Crippen LogP contribution is 2.28. The van der Waals surface area contributed by atoms with Gasteiger partial charge in [-0.1, -0.05) is 29.8 Å². The summed E-state index contributed by atoms with van der Waals surface area (Å²) in [4.78, 5) is 0. The van der Waals surface area contributed by atoms with Gasteiger partial charge in [0.25, 0.3) is 0 Å². The van der Waals surface area contributed by atoms with Crippen LogP contribution in [0.1, 0.15) is 42.9 Å². The molecule has 0 amide bonds. The topological polar surface area (TPSA) is 47.6 Å². The fourth-order valence-corrected chi connectivity index (χ4v) is 2.08. The average molecular weight is 277 g/mol. The van der Waals surface area contributed by atoms with Gasteiger partial charge in [0, 0.05) is 4.47 Å². The molecular weight excluding hydrogens is 264 g/mol. The maximum atomic E-state index is 9.10. The average Bonchev–Trinajstić information content (AvgIpc) is 2.30. The summed E-state index contributed by atoms with van der Waals surface area (Å²) in [5.74, 6) is 0.363. The first-order valence-electron chi connectivity index (χ1n) is 5.23. The van der Waals surface area contributed by atoms with Crippen molar-refractivity contribution < 1.29 is 0 Å². The summed E-state index contributed by atoms with van der Waals surface area (Å²) in [6.45, 7) is 4.20. The van der Waals surface area contributed by atoms with Gasteiger partial charge in [-0.15, -0.1) is 0 Å². The summed E-state index contributed by atoms with van der Waals surface area (Å²) >= 11 is 3.45. The van der Waals surface area contributed by atoms with Gasteiger partial charge < -0.3 is 0 Å². The Morgan fingerprint density at radius 2 is 2.06 bits per heavy atom. The molecule has 0 radical (unpaired) electrons. The molecule has 0 aliphatic heterocycles. The zero-order valence-electron chi connectivity index (χ0n) is 9.42. The Labute approximate surface area is 105 Å². The Bertz CT molecular complexity index is 466. The standard InChI is InChI=1S/C13H13BrN2/c1-3-9(2)12-7-13(14)10(4-5-15)6-11(12)8-16/h6-7,9H,3-4H2,1-2H3. The summed E-state index contributed by atoms with van der Waals surface area (Å²) in [5.41, 5.74) is 2.62. The molecular formula is C13H13BrN2. The van der Waals surface area contributed by atoms with Crippen LogP contribution in [-0.4, -0.2) is 0 Å². The molecule has 0 spiro atoms. The van der Waals surface area contributed by atoms with Gasteiger partial charge in [-0.25, -0.2) is 0 Å². The summed E-state index contributed by atoms with van der Waals surface area (Å²) in [6.07, 6.45) is 1.33. The molecule has 0 aliphatic carbocycles. The van der Waals surface area contributed by atoms with Crippen LogP contribution < -0.4 is 0 Å². The van der Waals surface area contributed by atoms with Crippen molar-refractivity contribution in [2.75, 3.05) is 0 Å². The summed E-state index contributed by atoms with van der Waals surface area (Å²) in [6, 6.07) is 8.09. The van der Waals surface area contributed by atoms with Crippen LogP contribution in [0, 0.1) is 22.7 Å². The van der Waals surface area contributed by atoms with E-state index < -0.39 is 0 Å². The van der Waals surface area contributed by atoms with Crippen LogP contribution in [0.3, 0.4) is 0 Å². The van der Waals surface area contributed by atoms with Crippen molar-refractivity contribution in [2.45, 2.75) is 32.6 Å². The predicted molar refractivity (Wildman–Crippen MR) is 66.9 cm³/mol. The van der Waals surface area contributed by atoms with Crippen LogP contribution >= 0.6 is 15.9 Å². The second kappa shape index (κ2) is 5.68. The molecule has 82 valence electrons. The number of rotatable bonds is 3. The molecule has 1 aromatic carbocycles. The largest absolute Gasteiger partial charge is 0.198 e. The van der Waals surface area contributed by atoms with E-state index in [4.69, 9.17) is 10.5 Å². The molecule has 0 bridgehead atoms. The monoisotopic (exact) mass is 276 g/mol. The lowest BCUT2D eigenvalue weighted by Gasteiger charge is -2.13. The third-order valence-corrected chi connectivity index (χ3v) is 3.49. The maximum Gasteiger partial charge on any atom is 0.0994 e. The first-order chi connectivity index (χ1) is 7.63. The van der Waals surface area contributed by atoms with Gasteiger partial charge in [0.2, 0.25) is 0 Å². The Kier molecular flexibility index (Phi) is 4.52. The fraction of sp³-hybridized carbons (Fsp3) is 0.385. The smallest absolute Gasteiger partial charge is 0.0994 e. The van der Waals surface area contributed by atoms with Crippen molar-refractivity contribution in [1.82, 2.24) is 0 Å². The van der Waals surface area contributed by atoms with E-state index >= 15 is 0 Å². The molecule has 1 aromatic rings. The molecule has 0 N–H and O–H groups in total. The SMILES string of the molecule is CCC(C)c1cc(Br)c(CC#N)cc1C#N. The van der Waals surface area contributed by atoms with Crippen LogP contribution in [0.25, 0.3) is 0 Å². The number of hydrogen-bond donors (Lipinski definition) is 0. The van der Waals surface area contributed by atoms with E-state index in [2.05, 4.69) is 41.9 Å². The summed E-state index contributed by atoms with van der Waals surface area (Å²) in [5, 5.41) is 17.8. The van der Waals surface area contributed by atoms with E-state index in [1.54, 1.807) is 0 Å². The highest BCUT2D eigenvalue weighted by Gasteiger charge is 2.12. The molecule has 3 heteroatoms. The zero-order valence-corrected chi connectivity index (χ0v) is 11.0. The van der Waals surface area contributed by atoms with E-state index in [1.165, 1.54) is 0 Å². The molecule has 1 atom stereocenters. The lowest BCUT2D eigenvalue weighted by Crippen LogP contribution is -1.98. The van der Waals surface area contributed by atoms with Crippen molar-refractivity contribution in [3.8, 4) is 12.1 Å². The molecule has 0 aliphatic rings. The highest BCUT2D eigenvalue weighted by atomic mass is 79.9. The van der Waals surface area contributed by atoms with Crippen LogP contribution in [0.4, 0.5) is 0 Å².